The molecule has 1 N–H and O–H groups in total. The summed E-state index contributed by atoms with van der Waals surface area (Å²) in [5, 5.41) is 4.43. The van der Waals surface area contributed by atoms with Gasteiger partial charge in [0.1, 0.15) is 0 Å². The minimum absolute atomic E-state index is 0.493. The molecule has 1 aliphatic heterocycles. The lowest BCUT2D eigenvalue weighted by Gasteiger charge is -2.19. The summed E-state index contributed by atoms with van der Waals surface area (Å²) in [6.45, 7) is 2.58. The molecule has 4 heteroatoms. The maximum atomic E-state index is 6.20. The molecule has 1 aromatic carbocycles. The SMILES string of the molecule is Clc1ccc(Br)cc1CNC1COCC1C1CC1. The molecule has 1 aromatic rings. The fourth-order valence-corrected chi connectivity index (χ4v) is 3.28. The summed E-state index contributed by atoms with van der Waals surface area (Å²) in [6.07, 6.45) is 2.76. The molecule has 0 radical (unpaired) electrons. The Balaban J connectivity index is 1.61. The molecule has 3 rings (SSSR count). The van der Waals surface area contributed by atoms with Gasteiger partial charge in [-0.15, -0.1) is 0 Å². The predicted molar refractivity (Wildman–Crippen MR) is 76.8 cm³/mol. The Morgan fingerprint density at radius 2 is 2.17 bits per heavy atom. The van der Waals surface area contributed by atoms with Gasteiger partial charge in [-0.3, -0.25) is 0 Å². The third-order valence-corrected chi connectivity index (χ3v) is 4.78. The molecule has 18 heavy (non-hydrogen) atoms. The van der Waals surface area contributed by atoms with Crippen LogP contribution in [0.1, 0.15) is 18.4 Å². The second kappa shape index (κ2) is 5.49. The van der Waals surface area contributed by atoms with Crippen LogP contribution in [0.4, 0.5) is 0 Å². The highest BCUT2D eigenvalue weighted by Crippen LogP contribution is 2.40. The van der Waals surface area contributed by atoms with Gasteiger partial charge in [0, 0.05) is 28.0 Å². The van der Waals surface area contributed by atoms with E-state index in [1.807, 2.05) is 12.1 Å². The van der Waals surface area contributed by atoms with Crippen molar-refractivity contribution in [3.8, 4) is 0 Å². The third-order valence-electron chi connectivity index (χ3n) is 3.91. The van der Waals surface area contributed by atoms with Gasteiger partial charge < -0.3 is 10.1 Å². The zero-order valence-corrected chi connectivity index (χ0v) is 12.5. The Morgan fingerprint density at radius 1 is 1.33 bits per heavy atom. The molecule has 1 heterocycles. The monoisotopic (exact) mass is 329 g/mol. The molecule has 0 aromatic heterocycles. The fourth-order valence-electron chi connectivity index (χ4n) is 2.69. The number of nitrogens with one attached hydrogen (secondary N) is 1. The Bertz CT molecular complexity index is 436. The number of hydrogen-bond donors (Lipinski definition) is 1. The molecule has 1 saturated heterocycles. The first-order valence-electron chi connectivity index (χ1n) is 6.49. The summed E-state index contributed by atoms with van der Waals surface area (Å²) in [4.78, 5) is 0. The van der Waals surface area contributed by atoms with Gasteiger partial charge in [-0.1, -0.05) is 27.5 Å². The van der Waals surface area contributed by atoms with Gasteiger partial charge in [-0.25, -0.2) is 0 Å². The lowest BCUT2D eigenvalue weighted by atomic mass is 9.98. The van der Waals surface area contributed by atoms with Gasteiger partial charge in [0.2, 0.25) is 0 Å². The van der Waals surface area contributed by atoms with Gasteiger partial charge in [-0.2, -0.15) is 0 Å². The van der Waals surface area contributed by atoms with Crippen LogP contribution in [0.5, 0.6) is 0 Å². The molecule has 2 unspecified atom stereocenters. The Morgan fingerprint density at radius 3 is 2.94 bits per heavy atom. The molecular formula is C14H17BrClNO. The average molecular weight is 331 g/mol. The van der Waals surface area contributed by atoms with E-state index in [0.29, 0.717) is 12.0 Å². The molecule has 0 bridgehead atoms. The third kappa shape index (κ3) is 2.90. The van der Waals surface area contributed by atoms with Crippen molar-refractivity contribution in [2.45, 2.75) is 25.4 Å². The summed E-state index contributed by atoms with van der Waals surface area (Å²) in [5.74, 6) is 1.60. The van der Waals surface area contributed by atoms with Crippen LogP contribution in [0.3, 0.4) is 0 Å². The van der Waals surface area contributed by atoms with Crippen LogP contribution in [-0.2, 0) is 11.3 Å². The Labute approximate surface area is 121 Å². The summed E-state index contributed by atoms with van der Waals surface area (Å²) < 4.78 is 6.68. The maximum absolute atomic E-state index is 6.20. The lowest BCUT2D eigenvalue weighted by Crippen LogP contribution is -2.36. The highest BCUT2D eigenvalue weighted by molar-refractivity contribution is 9.10. The molecule has 1 saturated carbocycles. The van der Waals surface area contributed by atoms with E-state index in [2.05, 4.69) is 27.3 Å². The lowest BCUT2D eigenvalue weighted by molar-refractivity contribution is 0.180. The van der Waals surface area contributed by atoms with E-state index in [0.717, 1.165) is 40.7 Å². The highest BCUT2D eigenvalue weighted by Gasteiger charge is 2.39. The van der Waals surface area contributed by atoms with Crippen LogP contribution in [0.15, 0.2) is 22.7 Å². The highest BCUT2D eigenvalue weighted by atomic mass is 79.9. The zero-order chi connectivity index (χ0) is 12.5. The smallest absolute Gasteiger partial charge is 0.0623 e. The minimum atomic E-state index is 0.493. The van der Waals surface area contributed by atoms with Gasteiger partial charge >= 0.3 is 0 Å². The predicted octanol–water partition coefficient (Wildman–Crippen LogP) is 3.62. The van der Waals surface area contributed by atoms with E-state index in [4.69, 9.17) is 16.3 Å². The van der Waals surface area contributed by atoms with Crippen molar-refractivity contribution >= 4 is 27.5 Å². The summed E-state index contributed by atoms with van der Waals surface area (Å²) in [5.41, 5.74) is 1.15. The largest absolute Gasteiger partial charge is 0.379 e. The maximum Gasteiger partial charge on any atom is 0.0623 e. The Kier molecular flexibility index (Phi) is 3.94. The van der Waals surface area contributed by atoms with Crippen LogP contribution in [-0.4, -0.2) is 19.3 Å². The number of halogens is 2. The van der Waals surface area contributed by atoms with E-state index in [1.165, 1.54) is 12.8 Å². The van der Waals surface area contributed by atoms with E-state index < -0.39 is 0 Å². The van der Waals surface area contributed by atoms with Gasteiger partial charge in [0.05, 0.1) is 13.2 Å². The van der Waals surface area contributed by atoms with Crippen LogP contribution < -0.4 is 5.32 Å². The first-order valence-corrected chi connectivity index (χ1v) is 7.66. The van der Waals surface area contributed by atoms with Gasteiger partial charge in [0.15, 0.2) is 0 Å². The molecular weight excluding hydrogens is 314 g/mol. The number of rotatable bonds is 4. The second-order valence-corrected chi connectivity index (χ2v) is 6.58. The minimum Gasteiger partial charge on any atom is -0.379 e. The van der Waals surface area contributed by atoms with Gasteiger partial charge in [-0.05, 0) is 42.5 Å². The van der Waals surface area contributed by atoms with E-state index in [-0.39, 0.29) is 0 Å². The fraction of sp³-hybridized carbons (Fsp3) is 0.571. The van der Waals surface area contributed by atoms with Crippen LogP contribution >= 0.6 is 27.5 Å². The average Bonchev–Trinajstić information content (AvgIpc) is 3.10. The molecule has 98 valence electrons. The van der Waals surface area contributed by atoms with Crippen molar-refractivity contribution in [1.82, 2.24) is 5.32 Å². The van der Waals surface area contributed by atoms with Crippen molar-refractivity contribution in [2.75, 3.05) is 13.2 Å². The van der Waals surface area contributed by atoms with Crippen molar-refractivity contribution in [3.63, 3.8) is 0 Å². The topological polar surface area (TPSA) is 21.3 Å². The van der Waals surface area contributed by atoms with E-state index >= 15 is 0 Å². The summed E-state index contributed by atoms with van der Waals surface area (Å²) in [6, 6.07) is 6.48. The standard InChI is InChI=1S/C14H17BrClNO/c15-11-3-4-13(16)10(5-11)6-17-14-8-18-7-12(14)9-1-2-9/h3-5,9,12,14,17H,1-2,6-8H2. The van der Waals surface area contributed by atoms with Crippen molar-refractivity contribution in [1.29, 1.82) is 0 Å². The van der Waals surface area contributed by atoms with Crippen molar-refractivity contribution in [3.05, 3.63) is 33.3 Å². The molecule has 0 amide bonds. The number of ether oxygens (including phenoxy) is 1. The van der Waals surface area contributed by atoms with Crippen molar-refractivity contribution < 1.29 is 4.74 Å². The number of benzene rings is 1. The van der Waals surface area contributed by atoms with E-state index in [1.54, 1.807) is 0 Å². The first kappa shape index (κ1) is 12.9. The summed E-state index contributed by atoms with van der Waals surface area (Å²) >= 11 is 9.68. The summed E-state index contributed by atoms with van der Waals surface area (Å²) in [7, 11) is 0. The number of hydrogen-bond acceptors (Lipinski definition) is 2. The molecule has 2 fully saturated rings. The first-order chi connectivity index (χ1) is 8.74. The van der Waals surface area contributed by atoms with E-state index in [9.17, 15) is 0 Å². The quantitative estimate of drug-likeness (QED) is 0.910. The Hall–Kier alpha value is -0.0900. The van der Waals surface area contributed by atoms with Crippen LogP contribution in [0, 0.1) is 11.8 Å². The van der Waals surface area contributed by atoms with Crippen molar-refractivity contribution in [2.24, 2.45) is 11.8 Å². The molecule has 1 aliphatic carbocycles. The molecule has 2 atom stereocenters. The van der Waals surface area contributed by atoms with Crippen LogP contribution in [0.25, 0.3) is 0 Å². The molecule has 0 spiro atoms. The van der Waals surface area contributed by atoms with Crippen LogP contribution in [0.2, 0.25) is 5.02 Å². The molecule has 2 aliphatic rings. The zero-order valence-electron chi connectivity index (χ0n) is 10.2. The van der Waals surface area contributed by atoms with Gasteiger partial charge in [0.25, 0.3) is 0 Å². The second-order valence-electron chi connectivity index (χ2n) is 5.26. The molecule has 2 nitrogen and oxygen atoms in total. The normalized spacial score (nSPS) is 27.7.